The van der Waals surface area contributed by atoms with Crippen LogP contribution in [0.2, 0.25) is 0 Å². The van der Waals surface area contributed by atoms with Crippen LogP contribution in [0.25, 0.3) is 0 Å². The molecule has 1 fully saturated rings. The largest absolute Gasteiger partial charge is 0.464 e. The Kier molecular flexibility index (Phi) is 4.91. The van der Waals surface area contributed by atoms with Gasteiger partial charge in [0.05, 0.1) is 6.61 Å². The second-order valence-corrected chi connectivity index (χ2v) is 2.94. The van der Waals surface area contributed by atoms with Gasteiger partial charge in [0, 0.05) is 14.3 Å². The molecule has 0 radical (unpaired) electrons. The van der Waals surface area contributed by atoms with Gasteiger partial charge < -0.3 is 10.1 Å². The molecule has 80 valence electrons. The van der Waals surface area contributed by atoms with Crippen molar-refractivity contribution in [3.63, 3.8) is 0 Å². The molecular weight excluding hydrogens is 173 g/mol. The standard InChI is InChI=1S/C8H14FNO2.CH4.H2/c1-2-12-7(11)8(9)3-5-10-6-4-8;;/h10H,2-6H2,1H3;1H4;1H. The second kappa shape index (κ2) is 5.17. The lowest BCUT2D eigenvalue weighted by molar-refractivity contribution is -0.159. The molecule has 0 saturated carbocycles. The van der Waals surface area contributed by atoms with E-state index in [1.807, 2.05) is 0 Å². The summed E-state index contributed by atoms with van der Waals surface area (Å²) in [6.45, 7) is 3.03. The summed E-state index contributed by atoms with van der Waals surface area (Å²) in [6.07, 6.45) is 0.456. The SMILES string of the molecule is C.CCOC(=O)C1(F)CCNCC1.[HH]. The zero-order valence-electron chi connectivity index (χ0n) is 7.23. The second-order valence-electron chi connectivity index (χ2n) is 2.94. The van der Waals surface area contributed by atoms with E-state index in [1.165, 1.54) is 0 Å². The van der Waals surface area contributed by atoms with Crippen LogP contribution in [0.4, 0.5) is 4.39 Å². The third kappa shape index (κ3) is 2.95. The number of nitrogens with one attached hydrogen (secondary N) is 1. The fraction of sp³-hybridized carbons (Fsp3) is 0.889. The maximum atomic E-state index is 13.6. The first kappa shape index (κ1) is 12.4. The molecule has 1 aliphatic heterocycles. The normalized spacial score (nSPS) is 20.2. The van der Waals surface area contributed by atoms with Crippen LogP contribution in [-0.4, -0.2) is 31.3 Å². The molecule has 0 unspecified atom stereocenters. The van der Waals surface area contributed by atoms with Crippen LogP contribution in [-0.2, 0) is 9.53 Å². The Morgan fingerprint density at radius 3 is 2.62 bits per heavy atom. The maximum absolute atomic E-state index is 13.6. The molecule has 1 heterocycles. The zero-order chi connectivity index (χ0) is 9.03. The van der Waals surface area contributed by atoms with Gasteiger partial charge in [-0.2, -0.15) is 0 Å². The molecule has 0 aromatic carbocycles. The van der Waals surface area contributed by atoms with Gasteiger partial charge in [-0.25, -0.2) is 9.18 Å². The fourth-order valence-electron chi connectivity index (χ4n) is 1.29. The smallest absolute Gasteiger partial charge is 0.343 e. The predicted molar refractivity (Wildman–Crippen MR) is 51.4 cm³/mol. The van der Waals surface area contributed by atoms with Gasteiger partial charge in [0.15, 0.2) is 0 Å². The van der Waals surface area contributed by atoms with E-state index in [1.54, 1.807) is 6.92 Å². The monoisotopic (exact) mass is 193 g/mol. The Hall–Kier alpha value is -0.640. The first-order valence-corrected chi connectivity index (χ1v) is 4.26. The van der Waals surface area contributed by atoms with E-state index in [9.17, 15) is 9.18 Å². The Bertz CT molecular complexity index is 172. The van der Waals surface area contributed by atoms with Crippen molar-refractivity contribution in [1.82, 2.24) is 5.32 Å². The van der Waals surface area contributed by atoms with Crippen molar-refractivity contribution >= 4 is 5.97 Å². The van der Waals surface area contributed by atoms with E-state index in [0.29, 0.717) is 13.1 Å². The molecule has 0 atom stereocenters. The molecule has 1 aliphatic rings. The topological polar surface area (TPSA) is 38.3 Å². The van der Waals surface area contributed by atoms with Crippen molar-refractivity contribution in [1.29, 1.82) is 0 Å². The van der Waals surface area contributed by atoms with Gasteiger partial charge in [-0.1, -0.05) is 7.43 Å². The van der Waals surface area contributed by atoms with Gasteiger partial charge >= 0.3 is 5.97 Å². The molecule has 0 spiro atoms. The summed E-state index contributed by atoms with van der Waals surface area (Å²) in [5.74, 6) is -0.702. The molecule has 0 aromatic rings. The van der Waals surface area contributed by atoms with E-state index in [-0.39, 0.29) is 28.3 Å². The van der Waals surface area contributed by atoms with Crippen molar-refractivity contribution < 1.29 is 15.3 Å². The number of carbonyl (C=O) groups is 1. The Balaban J connectivity index is 0. The van der Waals surface area contributed by atoms with Crippen molar-refractivity contribution in [2.45, 2.75) is 32.9 Å². The Morgan fingerprint density at radius 1 is 1.62 bits per heavy atom. The average Bonchev–Trinajstić information content (AvgIpc) is 2.06. The number of piperidine rings is 1. The van der Waals surface area contributed by atoms with Crippen molar-refractivity contribution in [3.8, 4) is 0 Å². The van der Waals surface area contributed by atoms with Crippen LogP contribution in [0.5, 0.6) is 0 Å². The van der Waals surface area contributed by atoms with Gasteiger partial charge in [0.25, 0.3) is 0 Å². The number of halogens is 1. The quantitative estimate of drug-likeness (QED) is 0.676. The highest BCUT2D eigenvalue weighted by molar-refractivity contribution is 5.79. The molecule has 0 bridgehead atoms. The lowest BCUT2D eigenvalue weighted by atomic mass is 9.95. The number of alkyl halides is 1. The molecule has 13 heavy (non-hydrogen) atoms. The Morgan fingerprint density at radius 2 is 2.15 bits per heavy atom. The van der Waals surface area contributed by atoms with Crippen LogP contribution in [0.15, 0.2) is 0 Å². The number of esters is 1. The first-order valence-electron chi connectivity index (χ1n) is 4.26. The van der Waals surface area contributed by atoms with Crippen molar-refractivity contribution in [2.24, 2.45) is 0 Å². The summed E-state index contributed by atoms with van der Waals surface area (Å²) < 4.78 is 18.3. The molecular formula is C9H20FNO2. The molecule has 3 nitrogen and oxygen atoms in total. The number of hydrogen-bond acceptors (Lipinski definition) is 3. The summed E-state index contributed by atoms with van der Waals surface area (Å²) in [5.41, 5.74) is -1.73. The molecule has 4 heteroatoms. The summed E-state index contributed by atoms with van der Waals surface area (Å²) in [5, 5.41) is 2.99. The molecule has 0 amide bonds. The minimum atomic E-state index is -1.73. The number of carbonyl (C=O) groups excluding carboxylic acids is 1. The minimum Gasteiger partial charge on any atom is -0.464 e. The summed E-state index contributed by atoms with van der Waals surface area (Å²) in [6, 6.07) is 0. The van der Waals surface area contributed by atoms with Crippen LogP contribution < -0.4 is 5.32 Å². The third-order valence-corrected chi connectivity index (χ3v) is 2.04. The van der Waals surface area contributed by atoms with E-state index in [0.717, 1.165) is 0 Å². The van der Waals surface area contributed by atoms with Crippen LogP contribution in [0.3, 0.4) is 0 Å². The third-order valence-electron chi connectivity index (χ3n) is 2.04. The van der Waals surface area contributed by atoms with Crippen LogP contribution in [0, 0.1) is 0 Å². The highest BCUT2D eigenvalue weighted by Gasteiger charge is 2.40. The molecule has 1 N–H and O–H groups in total. The summed E-state index contributed by atoms with van der Waals surface area (Å²) in [4.78, 5) is 11.1. The van der Waals surface area contributed by atoms with Gasteiger partial charge in [0.2, 0.25) is 5.67 Å². The van der Waals surface area contributed by atoms with E-state index >= 15 is 0 Å². The van der Waals surface area contributed by atoms with Gasteiger partial charge in [-0.15, -0.1) is 0 Å². The van der Waals surface area contributed by atoms with E-state index in [2.05, 4.69) is 10.1 Å². The molecule has 0 aromatic heterocycles. The van der Waals surface area contributed by atoms with Crippen molar-refractivity contribution in [2.75, 3.05) is 19.7 Å². The summed E-state index contributed by atoms with van der Waals surface area (Å²) in [7, 11) is 0. The van der Waals surface area contributed by atoms with Gasteiger partial charge in [-0.05, 0) is 20.0 Å². The van der Waals surface area contributed by atoms with Crippen LogP contribution in [0.1, 0.15) is 28.6 Å². The highest BCUT2D eigenvalue weighted by atomic mass is 19.1. The molecule has 1 rings (SSSR count). The Labute approximate surface area is 80.1 Å². The lowest BCUT2D eigenvalue weighted by Gasteiger charge is -2.27. The van der Waals surface area contributed by atoms with Gasteiger partial charge in [-0.3, -0.25) is 0 Å². The number of ether oxygens (including phenoxy) is 1. The van der Waals surface area contributed by atoms with Gasteiger partial charge in [0.1, 0.15) is 0 Å². The predicted octanol–water partition coefficient (Wildman–Crippen LogP) is 1.52. The molecule has 1 saturated heterocycles. The maximum Gasteiger partial charge on any atom is 0.343 e. The number of rotatable bonds is 2. The lowest BCUT2D eigenvalue weighted by Crippen LogP contribution is -2.45. The first-order chi connectivity index (χ1) is 5.69. The van der Waals surface area contributed by atoms with Crippen molar-refractivity contribution in [3.05, 3.63) is 0 Å². The zero-order valence-corrected chi connectivity index (χ0v) is 7.23. The fourth-order valence-corrected chi connectivity index (χ4v) is 1.29. The minimum absolute atomic E-state index is 0. The summed E-state index contributed by atoms with van der Waals surface area (Å²) >= 11 is 0. The number of hydrogen-bond donors (Lipinski definition) is 1. The highest BCUT2D eigenvalue weighted by Crippen LogP contribution is 2.24. The molecule has 0 aliphatic carbocycles. The van der Waals surface area contributed by atoms with E-state index in [4.69, 9.17) is 0 Å². The van der Waals surface area contributed by atoms with Crippen LogP contribution >= 0.6 is 0 Å². The average molecular weight is 193 g/mol. The van der Waals surface area contributed by atoms with E-state index < -0.39 is 11.6 Å².